The lowest BCUT2D eigenvalue weighted by atomic mass is 9.92. The lowest BCUT2D eigenvalue weighted by Gasteiger charge is -2.44. The first kappa shape index (κ1) is 27.1. The second-order valence-corrected chi connectivity index (χ2v) is 11.3. The molecule has 0 spiro atoms. The molecule has 0 aliphatic carbocycles. The number of anilines is 3. The molecular formula is C33H32N8O. The molecule has 1 unspecified atom stereocenters. The Balaban J connectivity index is 1.43. The van der Waals surface area contributed by atoms with Gasteiger partial charge in [-0.05, 0) is 42.0 Å². The third-order valence-corrected chi connectivity index (χ3v) is 8.83. The van der Waals surface area contributed by atoms with Gasteiger partial charge >= 0.3 is 0 Å². The minimum Gasteiger partial charge on any atom is -0.366 e. The van der Waals surface area contributed by atoms with E-state index in [1.807, 2.05) is 4.90 Å². The zero-order valence-electron chi connectivity index (χ0n) is 23.8. The van der Waals surface area contributed by atoms with Gasteiger partial charge in [0, 0.05) is 62.5 Å². The Kier molecular flexibility index (Phi) is 7.15. The third kappa shape index (κ3) is 4.56. The zero-order valence-corrected chi connectivity index (χ0v) is 23.8. The van der Waals surface area contributed by atoms with Crippen molar-refractivity contribution in [2.75, 3.05) is 54.0 Å². The van der Waals surface area contributed by atoms with Gasteiger partial charge in [0.2, 0.25) is 5.91 Å². The van der Waals surface area contributed by atoms with E-state index >= 15 is 0 Å². The maximum atomic E-state index is 12.5. The molecule has 1 atom stereocenters. The number of carbonyl (C=O) groups is 1. The molecule has 9 nitrogen and oxygen atoms in total. The van der Waals surface area contributed by atoms with Crippen molar-refractivity contribution in [3.63, 3.8) is 0 Å². The molecule has 2 saturated heterocycles. The van der Waals surface area contributed by atoms with Crippen molar-refractivity contribution >= 4 is 34.0 Å². The largest absolute Gasteiger partial charge is 0.366 e. The van der Waals surface area contributed by atoms with Crippen molar-refractivity contribution in [3.8, 4) is 18.2 Å². The Morgan fingerprint density at radius 3 is 2.50 bits per heavy atom. The number of rotatable bonds is 5. The molecule has 3 aliphatic rings. The van der Waals surface area contributed by atoms with E-state index in [4.69, 9.17) is 4.98 Å². The van der Waals surface area contributed by atoms with Crippen LogP contribution in [0, 0.1) is 46.8 Å². The number of aryl methyl sites for hydroxylation is 1. The number of hydrogen-bond acceptors (Lipinski definition) is 8. The molecule has 1 aromatic heterocycles. The number of nitrogens with zero attached hydrogens (tertiary/aromatic N) is 8. The number of nitriles is 3. The van der Waals surface area contributed by atoms with E-state index in [0.29, 0.717) is 57.1 Å². The number of benzene rings is 2. The molecular weight excluding hydrogens is 524 g/mol. The normalized spacial score (nSPS) is 18.5. The smallest absolute Gasteiger partial charge is 0.246 e. The molecule has 2 aromatic carbocycles. The quantitative estimate of drug-likeness (QED) is 0.433. The van der Waals surface area contributed by atoms with Crippen LogP contribution in [0.15, 0.2) is 49.1 Å². The molecule has 6 rings (SSSR count). The van der Waals surface area contributed by atoms with Crippen LogP contribution in [0.3, 0.4) is 0 Å². The average Bonchev–Trinajstić information content (AvgIpc) is 2.99. The topological polar surface area (TPSA) is 114 Å². The standard InChI is InChI=1S/C33H32N8O/c1-3-30(42)41-15-14-39(20-25(41)10-12-34)32-26-11-13-38(29-9-5-8-24-7-4-6-22(2)31(24)29)21-28(26)27(17-36)33(37-32)40-18-23(16-35)19-40/h3-9,23,25H,1,10-11,13-15,18-21H2,2H3. The fourth-order valence-electron chi connectivity index (χ4n) is 6.65. The van der Waals surface area contributed by atoms with Crippen molar-refractivity contribution in [1.82, 2.24) is 9.88 Å². The summed E-state index contributed by atoms with van der Waals surface area (Å²) >= 11 is 0. The van der Waals surface area contributed by atoms with Crippen LogP contribution >= 0.6 is 0 Å². The van der Waals surface area contributed by atoms with Gasteiger partial charge in [-0.2, -0.15) is 15.8 Å². The Morgan fingerprint density at radius 1 is 1.00 bits per heavy atom. The SMILES string of the molecule is C=CC(=O)N1CCN(c2nc(N3CC(C#N)C3)c(C#N)c3c2CCN(c2cccc4cccc(C)c24)C3)CC1CC#N. The van der Waals surface area contributed by atoms with Crippen molar-refractivity contribution in [2.45, 2.75) is 32.4 Å². The highest BCUT2D eigenvalue weighted by molar-refractivity contribution is 5.97. The lowest BCUT2D eigenvalue weighted by Crippen LogP contribution is -2.55. The molecule has 4 heterocycles. The van der Waals surface area contributed by atoms with Gasteiger partial charge in [-0.1, -0.05) is 36.9 Å². The van der Waals surface area contributed by atoms with Crippen LogP contribution in [0.25, 0.3) is 10.8 Å². The third-order valence-electron chi connectivity index (χ3n) is 8.83. The molecule has 0 N–H and O–H groups in total. The maximum absolute atomic E-state index is 12.5. The Labute approximate surface area is 246 Å². The molecule has 0 saturated carbocycles. The maximum Gasteiger partial charge on any atom is 0.246 e. The van der Waals surface area contributed by atoms with Gasteiger partial charge in [0.25, 0.3) is 0 Å². The number of pyridine rings is 1. The van der Waals surface area contributed by atoms with E-state index in [1.54, 1.807) is 4.90 Å². The van der Waals surface area contributed by atoms with E-state index in [0.717, 1.165) is 29.2 Å². The average molecular weight is 557 g/mol. The summed E-state index contributed by atoms with van der Waals surface area (Å²) in [6.07, 6.45) is 2.23. The van der Waals surface area contributed by atoms with Crippen LogP contribution < -0.4 is 14.7 Å². The van der Waals surface area contributed by atoms with Crippen LogP contribution in [0.5, 0.6) is 0 Å². The van der Waals surface area contributed by atoms with E-state index < -0.39 is 0 Å². The predicted octanol–water partition coefficient (Wildman–Crippen LogP) is 4.05. The summed E-state index contributed by atoms with van der Waals surface area (Å²) in [5.41, 5.74) is 4.96. The Morgan fingerprint density at radius 2 is 1.79 bits per heavy atom. The van der Waals surface area contributed by atoms with Gasteiger partial charge in [0.15, 0.2) is 0 Å². The fourth-order valence-corrected chi connectivity index (χ4v) is 6.65. The molecule has 2 fully saturated rings. The van der Waals surface area contributed by atoms with Crippen molar-refractivity contribution in [1.29, 1.82) is 15.8 Å². The van der Waals surface area contributed by atoms with E-state index in [2.05, 4.69) is 77.9 Å². The lowest BCUT2D eigenvalue weighted by molar-refractivity contribution is -0.128. The van der Waals surface area contributed by atoms with Gasteiger partial charge in [-0.25, -0.2) is 4.98 Å². The summed E-state index contributed by atoms with van der Waals surface area (Å²) in [6.45, 7) is 9.71. The van der Waals surface area contributed by atoms with Gasteiger partial charge in [-0.15, -0.1) is 0 Å². The van der Waals surface area contributed by atoms with Crippen molar-refractivity contribution < 1.29 is 4.79 Å². The summed E-state index contributed by atoms with van der Waals surface area (Å²) in [5.74, 6) is 1.19. The highest BCUT2D eigenvalue weighted by Gasteiger charge is 2.37. The number of hydrogen-bond donors (Lipinski definition) is 0. The highest BCUT2D eigenvalue weighted by atomic mass is 16.2. The van der Waals surface area contributed by atoms with Crippen molar-refractivity contribution in [2.24, 2.45) is 5.92 Å². The number of piperazine rings is 1. The Bertz CT molecular complexity index is 1700. The molecule has 0 bridgehead atoms. The second kappa shape index (κ2) is 11.1. The summed E-state index contributed by atoms with van der Waals surface area (Å²) in [7, 11) is 0. The van der Waals surface area contributed by atoms with Gasteiger partial charge in [-0.3, -0.25) is 4.79 Å². The Hall–Kier alpha value is -5.07. The van der Waals surface area contributed by atoms with Gasteiger partial charge in [0.05, 0.1) is 36.1 Å². The summed E-state index contributed by atoms with van der Waals surface area (Å²) in [4.78, 5) is 25.9. The first-order valence-corrected chi connectivity index (χ1v) is 14.4. The number of amides is 1. The summed E-state index contributed by atoms with van der Waals surface area (Å²) < 4.78 is 0. The number of fused-ring (bicyclic) bond motifs is 2. The van der Waals surface area contributed by atoms with Crippen LogP contribution in [0.4, 0.5) is 17.3 Å². The molecule has 210 valence electrons. The van der Waals surface area contributed by atoms with Crippen LogP contribution in [-0.2, 0) is 17.8 Å². The number of aromatic nitrogens is 1. The summed E-state index contributed by atoms with van der Waals surface area (Å²) in [6, 6.07) is 19.5. The van der Waals surface area contributed by atoms with Crippen LogP contribution in [0.1, 0.15) is 28.7 Å². The minimum atomic E-state index is -0.281. The number of carbonyl (C=O) groups excluding carboxylic acids is 1. The van der Waals surface area contributed by atoms with Gasteiger partial charge < -0.3 is 19.6 Å². The highest BCUT2D eigenvalue weighted by Crippen LogP contribution is 2.40. The molecule has 3 aromatic rings. The van der Waals surface area contributed by atoms with Crippen molar-refractivity contribution in [3.05, 3.63) is 71.3 Å². The molecule has 0 radical (unpaired) electrons. The molecule has 9 heteroatoms. The summed E-state index contributed by atoms with van der Waals surface area (Å²) in [5, 5.41) is 31.8. The fraction of sp³-hybridized carbons (Fsp3) is 0.364. The van der Waals surface area contributed by atoms with Crippen LogP contribution in [-0.4, -0.2) is 61.1 Å². The second-order valence-electron chi connectivity index (χ2n) is 11.3. The first-order chi connectivity index (χ1) is 20.5. The monoisotopic (exact) mass is 556 g/mol. The first-order valence-electron chi connectivity index (χ1n) is 14.4. The van der Waals surface area contributed by atoms with E-state index in [1.165, 1.54) is 22.4 Å². The van der Waals surface area contributed by atoms with E-state index in [9.17, 15) is 20.6 Å². The van der Waals surface area contributed by atoms with Gasteiger partial charge in [0.1, 0.15) is 17.7 Å². The van der Waals surface area contributed by atoms with Crippen LogP contribution in [0.2, 0.25) is 0 Å². The predicted molar refractivity (Wildman–Crippen MR) is 162 cm³/mol. The molecule has 1 amide bonds. The zero-order chi connectivity index (χ0) is 29.4. The molecule has 3 aliphatic heterocycles. The molecule has 42 heavy (non-hydrogen) atoms. The van der Waals surface area contributed by atoms with E-state index in [-0.39, 0.29) is 24.3 Å². The minimum absolute atomic E-state index is 0.0820.